The third-order valence-electron chi connectivity index (χ3n) is 3.66. The Balaban J connectivity index is 3.01. The van der Waals surface area contributed by atoms with Crippen molar-refractivity contribution < 1.29 is 13.2 Å². The van der Waals surface area contributed by atoms with Crippen LogP contribution in [-0.2, 0) is 14.8 Å². The fraction of sp³-hybridized carbons (Fsp3) is 0.562. The summed E-state index contributed by atoms with van der Waals surface area (Å²) in [5.74, 6) is -0.285. The standard InChI is InChI=1S/C16H26N2O3S/c1-6-8-13(3)17-16(19)11-18(22(5,20)21)15-10-7-9-12(2)14(15)4/h7,9-10,13H,6,8,11H2,1-5H3,(H,17,19)/t13-/m0/s1. The van der Waals surface area contributed by atoms with Crippen molar-refractivity contribution in [1.82, 2.24) is 5.32 Å². The van der Waals surface area contributed by atoms with Crippen molar-refractivity contribution in [1.29, 1.82) is 0 Å². The number of benzene rings is 1. The van der Waals surface area contributed by atoms with E-state index in [1.807, 2.05) is 33.8 Å². The number of sulfonamides is 1. The van der Waals surface area contributed by atoms with Gasteiger partial charge in [-0.3, -0.25) is 9.10 Å². The fourth-order valence-corrected chi connectivity index (χ4v) is 3.25. The molecule has 0 fully saturated rings. The van der Waals surface area contributed by atoms with E-state index in [9.17, 15) is 13.2 Å². The smallest absolute Gasteiger partial charge is 0.240 e. The maximum Gasteiger partial charge on any atom is 0.240 e. The Hall–Kier alpha value is -1.56. The van der Waals surface area contributed by atoms with Gasteiger partial charge in [0.25, 0.3) is 0 Å². The van der Waals surface area contributed by atoms with Gasteiger partial charge in [0, 0.05) is 6.04 Å². The number of carbonyl (C=O) groups is 1. The minimum atomic E-state index is -3.53. The molecular formula is C16H26N2O3S. The number of amides is 1. The van der Waals surface area contributed by atoms with Gasteiger partial charge in [0.2, 0.25) is 15.9 Å². The highest BCUT2D eigenvalue weighted by atomic mass is 32.2. The second-order valence-electron chi connectivity index (χ2n) is 5.75. The fourth-order valence-electron chi connectivity index (χ4n) is 2.34. The number of rotatable bonds is 7. The molecule has 22 heavy (non-hydrogen) atoms. The van der Waals surface area contributed by atoms with E-state index in [0.29, 0.717) is 5.69 Å². The maximum atomic E-state index is 12.1. The van der Waals surface area contributed by atoms with Crippen LogP contribution in [0.4, 0.5) is 5.69 Å². The van der Waals surface area contributed by atoms with Crippen LogP contribution >= 0.6 is 0 Å². The van der Waals surface area contributed by atoms with Crippen molar-refractivity contribution in [2.75, 3.05) is 17.1 Å². The molecule has 0 aromatic heterocycles. The van der Waals surface area contributed by atoms with Crippen LogP contribution in [0.1, 0.15) is 37.8 Å². The maximum absolute atomic E-state index is 12.1. The Morgan fingerprint density at radius 2 is 1.95 bits per heavy atom. The number of hydrogen-bond donors (Lipinski definition) is 1. The second kappa shape index (κ2) is 7.63. The van der Waals surface area contributed by atoms with Crippen molar-refractivity contribution in [3.05, 3.63) is 29.3 Å². The van der Waals surface area contributed by atoms with Gasteiger partial charge in [0.1, 0.15) is 6.54 Å². The monoisotopic (exact) mass is 326 g/mol. The predicted octanol–water partition coefficient (Wildman–Crippen LogP) is 2.37. The summed E-state index contributed by atoms with van der Waals surface area (Å²) in [5.41, 5.74) is 2.41. The largest absolute Gasteiger partial charge is 0.352 e. The van der Waals surface area contributed by atoms with Crippen LogP contribution in [0.3, 0.4) is 0 Å². The third-order valence-corrected chi connectivity index (χ3v) is 4.79. The van der Waals surface area contributed by atoms with Crippen LogP contribution in [0.15, 0.2) is 18.2 Å². The van der Waals surface area contributed by atoms with Gasteiger partial charge in [-0.2, -0.15) is 0 Å². The highest BCUT2D eigenvalue weighted by Crippen LogP contribution is 2.24. The SMILES string of the molecule is CCC[C@H](C)NC(=O)CN(c1cccc(C)c1C)S(C)(=O)=O. The first kappa shape index (κ1) is 18.5. The summed E-state index contributed by atoms with van der Waals surface area (Å²) >= 11 is 0. The van der Waals surface area contributed by atoms with E-state index >= 15 is 0 Å². The Kier molecular flexibility index (Phi) is 6.41. The molecule has 1 rings (SSSR count). The predicted molar refractivity (Wildman–Crippen MR) is 90.6 cm³/mol. The van der Waals surface area contributed by atoms with E-state index in [1.54, 1.807) is 12.1 Å². The molecule has 0 heterocycles. The normalized spacial score (nSPS) is 12.8. The lowest BCUT2D eigenvalue weighted by atomic mass is 10.1. The number of anilines is 1. The number of aryl methyl sites for hydroxylation is 1. The molecule has 0 aliphatic heterocycles. The van der Waals surface area contributed by atoms with E-state index in [1.165, 1.54) is 4.31 Å². The Labute approximate surface area is 133 Å². The summed E-state index contributed by atoms with van der Waals surface area (Å²) in [6.45, 7) is 7.55. The van der Waals surface area contributed by atoms with Crippen LogP contribution in [0.25, 0.3) is 0 Å². The molecule has 0 bridgehead atoms. The third kappa shape index (κ3) is 5.02. The lowest BCUT2D eigenvalue weighted by molar-refractivity contribution is -0.120. The average molecular weight is 326 g/mol. The Morgan fingerprint density at radius 3 is 2.50 bits per heavy atom. The van der Waals surface area contributed by atoms with Crippen molar-refractivity contribution in [3.8, 4) is 0 Å². The zero-order valence-corrected chi connectivity index (χ0v) is 14.8. The number of nitrogens with zero attached hydrogens (tertiary/aromatic N) is 1. The number of carbonyl (C=O) groups excluding carboxylic acids is 1. The molecule has 0 unspecified atom stereocenters. The van der Waals surface area contributed by atoms with E-state index in [2.05, 4.69) is 5.32 Å². The first-order chi connectivity index (χ1) is 10.2. The zero-order chi connectivity index (χ0) is 16.9. The van der Waals surface area contributed by atoms with E-state index in [0.717, 1.165) is 30.2 Å². The van der Waals surface area contributed by atoms with Crippen molar-refractivity contribution in [2.24, 2.45) is 0 Å². The summed E-state index contributed by atoms with van der Waals surface area (Å²) in [6, 6.07) is 5.49. The van der Waals surface area contributed by atoms with E-state index < -0.39 is 10.0 Å². The van der Waals surface area contributed by atoms with E-state index in [4.69, 9.17) is 0 Å². The topological polar surface area (TPSA) is 66.5 Å². The zero-order valence-electron chi connectivity index (χ0n) is 14.0. The number of hydrogen-bond acceptors (Lipinski definition) is 3. The molecule has 5 nitrogen and oxygen atoms in total. The molecule has 0 saturated carbocycles. The molecule has 0 spiro atoms. The minimum Gasteiger partial charge on any atom is -0.352 e. The van der Waals surface area contributed by atoms with Crippen LogP contribution in [-0.4, -0.2) is 33.2 Å². The first-order valence-corrected chi connectivity index (χ1v) is 9.35. The van der Waals surface area contributed by atoms with Crippen LogP contribution < -0.4 is 9.62 Å². The molecule has 1 amide bonds. The summed E-state index contributed by atoms with van der Waals surface area (Å²) in [4.78, 5) is 12.1. The molecule has 1 atom stereocenters. The molecule has 0 saturated heterocycles. The molecule has 0 aliphatic rings. The molecule has 6 heteroatoms. The molecule has 1 N–H and O–H groups in total. The van der Waals surface area contributed by atoms with Gasteiger partial charge >= 0.3 is 0 Å². The quantitative estimate of drug-likeness (QED) is 0.836. The van der Waals surface area contributed by atoms with Gasteiger partial charge in [-0.1, -0.05) is 25.5 Å². The van der Waals surface area contributed by atoms with Crippen LogP contribution in [0.2, 0.25) is 0 Å². The average Bonchev–Trinajstić information content (AvgIpc) is 2.38. The lowest BCUT2D eigenvalue weighted by Gasteiger charge is -2.25. The summed E-state index contributed by atoms with van der Waals surface area (Å²) in [5, 5.41) is 2.84. The highest BCUT2D eigenvalue weighted by molar-refractivity contribution is 7.92. The van der Waals surface area contributed by atoms with Gasteiger partial charge in [-0.15, -0.1) is 0 Å². The number of nitrogens with one attached hydrogen (secondary N) is 1. The highest BCUT2D eigenvalue weighted by Gasteiger charge is 2.23. The lowest BCUT2D eigenvalue weighted by Crippen LogP contribution is -2.43. The van der Waals surface area contributed by atoms with Crippen molar-refractivity contribution in [2.45, 2.75) is 46.6 Å². The first-order valence-electron chi connectivity index (χ1n) is 7.50. The molecule has 0 radical (unpaired) electrons. The molecule has 124 valence electrons. The summed E-state index contributed by atoms with van der Waals surface area (Å²) < 4.78 is 25.3. The summed E-state index contributed by atoms with van der Waals surface area (Å²) in [7, 11) is -3.53. The van der Waals surface area contributed by atoms with Gasteiger partial charge in [0.05, 0.1) is 11.9 Å². The minimum absolute atomic E-state index is 0.0394. The molecule has 1 aromatic rings. The van der Waals surface area contributed by atoms with Gasteiger partial charge in [-0.05, 0) is 44.4 Å². The van der Waals surface area contributed by atoms with Crippen LogP contribution in [0, 0.1) is 13.8 Å². The molecular weight excluding hydrogens is 300 g/mol. The summed E-state index contributed by atoms with van der Waals surface area (Å²) in [6.07, 6.45) is 2.96. The van der Waals surface area contributed by atoms with Gasteiger partial charge in [0.15, 0.2) is 0 Å². The van der Waals surface area contributed by atoms with Gasteiger partial charge in [-0.25, -0.2) is 8.42 Å². The van der Waals surface area contributed by atoms with Crippen molar-refractivity contribution >= 4 is 21.6 Å². The van der Waals surface area contributed by atoms with Gasteiger partial charge < -0.3 is 5.32 Å². The Morgan fingerprint density at radius 1 is 1.32 bits per heavy atom. The second-order valence-corrected chi connectivity index (χ2v) is 7.65. The van der Waals surface area contributed by atoms with Crippen molar-refractivity contribution in [3.63, 3.8) is 0 Å². The van der Waals surface area contributed by atoms with Crippen LogP contribution in [0.5, 0.6) is 0 Å². The Bertz CT molecular complexity index is 626. The molecule has 0 aliphatic carbocycles. The molecule has 1 aromatic carbocycles. The van der Waals surface area contributed by atoms with E-state index in [-0.39, 0.29) is 18.5 Å².